The summed E-state index contributed by atoms with van der Waals surface area (Å²) >= 11 is 0. The van der Waals surface area contributed by atoms with E-state index in [0.29, 0.717) is 11.5 Å². The number of H-pyrrole nitrogens is 1. The lowest BCUT2D eigenvalue weighted by molar-refractivity contribution is 0.628. The van der Waals surface area contributed by atoms with Crippen LogP contribution in [0.2, 0.25) is 0 Å². The first-order chi connectivity index (χ1) is 7.83. The molecule has 0 amide bonds. The van der Waals surface area contributed by atoms with E-state index in [0.717, 1.165) is 11.1 Å². The second kappa shape index (κ2) is 3.41. The quantitative estimate of drug-likeness (QED) is 0.675. The summed E-state index contributed by atoms with van der Waals surface area (Å²) in [7, 11) is 0. The molecule has 2 aromatic heterocycles. The molecule has 3 nitrogen and oxygen atoms in total. The van der Waals surface area contributed by atoms with Crippen molar-refractivity contribution >= 4 is 11.2 Å². The second-order valence-corrected chi connectivity index (χ2v) is 3.47. The zero-order valence-corrected chi connectivity index (χ0v) is 8.31. The lowest BCUT2D eigenvalue weighted by Crippen LogP contribution is -1.81. The first-order valence-corrected chi connectivity index (χ1v) is 4.89. The monoisotopic (exact) mass is 213 g/mol. The molecule has 3 rings (SSSR count). The van der Waals surface area contributed by atoms with Crippen molar-refractivity contribution in [3.63, 3.8) is 0 Å². The molecule has 1 N–H and O–H groups in total. The molecule has 0 fully saturated rings. The van der Waals surface area contributed by atoms with Crippen molar-refractivity contribution in [1.82, 2.24) is 15.0 Å². The number of fused-ring (bicyclic) bond motifs is 1. The molecular weight excluding hydrogens is 205 g/mol. The molecule has 0 unspecified atom stereocenters. The molecule has 16 heavy (non-hydrogen) atoms. The third-order valence-corrected chi connectivity index (χ3v) is 2.36. The van der Waals surface area contributed by atoms with Crippen molar-refractivity contribution in [2.45, 2.75) is 0 Å². The first kappa shape index (κ1) is 9.03. The number of aromatic amines is 1. The van der Waals surface area contributed by atoms with Gasteiger partial charge in [-0.25, -0.2) is 14.4 Å². The van der Waals surface area contributed by atoms with Crippen LogP contribution in [0.1, 0.15) is 0 Å². The molecule has 0 radical (unpaired) electrons. The van der Waals surface area contributed by atoms with Gasteiger partial charge >= 0.3 is 0 Å². The van der Waals surface area contributed by atoms with Crippen LogP contribution in [-0.2, 0) is 0 Å². The lowest BCUT2D eigenvalue weighted by atomic mass is 10.2. The predicted molar refractivity (Wildman–Crippen MR) is 59.3 cm³/mol. The van der Waals surface area contributed by atoms with Crippen molar-refractivity contribution in [3.05, 3.63) is 48.4 Å². The highest BCUT2D eigenvalue weighted by molar-refractivity contribution is 5.75. The summed E-state index contributed by atoms with van der Waals surface area (Å²) in [4.78, 5) is 11.5. The van der Waals surface area contributed by atoms with Gasteiger partial charge in [0.15, 0.2) is 5.65 Å². The highest BCUT2D eigenvalue weighted by atomic mass is 19.1. The maximum atomic E-state index is 13.1. The summed E-state index contributed by atoms with van der Waals surface area (Å²) in [5.74, 6) is 0.360. The molecule has 3 aromatic rings. The molecule has 0 aliphatic rings. The van der Waals surface area contributed by atoms with Crippen molar-refractivity contribution in [2.24, 2.45) is 0 Å². The van der Waals surface area contributed by atoms with E-state index in [-0.39, 0.29) is 5.82 Å². The molecule has 0 saturated heterocycles. The number of benzene rings is 1. The van der Waals surface area contributed by atoms with E-state index in [1.165, 1.54) is 12.1 Å². The smallest absolute Gasteiger partial charge is 0.178 e. The standard InChI is InChI=1S/C12H8FN3/c13-9-4-1-3-8(7-9)11-15-10-5-2-6-14-12(10)16-11/h1-7H,(H,14,15,16). The van der Waals surface area contributed by atoms with Gasteiger partial charge in [-0.2, -0.15) is 0 Å². The van der Waals surface area contributed by atoms with E-state index in [2.05, 4.69) is 15.0 Å². The van der Waals surface area contributed by atoms with Gasteiger partial charge in [0.05, 0.1) is 5.52 Å². The van der Waals surface area contributed by atoms with E-state index < -0.39 is 0 Å². The van der Waals surface area contributed by atoms with Crippen LogP contribution in [0.25, 0.3) is 22.6 Å². The molecule has 0 aliphatic carbocycles. The number of nitrogens with one attached hydrogen (secondary N) is 1. The van der Waals surface area contributed by atoms with Crippen LogP contribution in [-0.4, -0.2) is 15.0 Å². The van der Waals surface area contributed by atoms with Crippen LogP contribution in [0.15, 0.2) is 42.6 Å². The highest BCUT2D eigenvalue weighted by Crippen LogP contribution is 2.19. The number of imidazole rings is 1. The Kier molecular flexibility index (Phi) is 1.93. The fraction of sp³-hybridized carbons (Fsp3) is 0. The predicted octanol–water partition coefficient (Wildman–Crippen LogP) is 2.76. The number of pyridine rings is 1. The summed E-state index contributed by atoms with van der Waals surface area (Å²) in [6.07, 6.45) is 1.68. The summed E-state index contributed by atoms with van der Waals surface area (Å²) in [6.45, 7) is 0. The van der Waals surface area contributed by atoms with E-state index in [1.807, 2.05) is 12.1 Å². The highest BCUT2D eigenvalue weighted by Gasteiger charge is 2.05. The average molecular weight is 213 g/mol. The zero-order chi connectivity index (χ0) is 11.0. The summed E-state index contributed by atoms with van der Waals surface area (Å²) in [6, 6.07) is 10.0. The van der Waals surface area contributed by atoms with Gasteiger partial charge in [-0.05, 0) is 24.3 Å². The fourth-order valence-corrected chi connectivity index (χ4v) is 1.62. The summed E-state index contributed by atoms with van der Waals surface area (Å²) < 4.78 is 13.1. The van der Waals surface area contributed by atoms with Crippen molar-refractivity contribution in [2.75, 3.05) is 0 Å². The van der Waals surface area contributed by atoms with E-state index in [9.17, 15) is 4.39 Å². The Morgan fingerprint density at radius 3 is 2.88 bits per heavy atom. The van der Waals surface area contributed by atoms with Crippen LogP contribution in [0.5, 0.6) is 0 Å². The van der Waals surface area contributed by atoms with E-state index in [4.69, 9.17) is 0 Å². The Balaban J connectivity index is 2.19. The minimum absolute atomic E-state index is 0.272. The van der Waals surface area contributed by atoms with Gasteiger partial charge in [0.2, 0.25) is 0 Å². The molecule has 0 atom stereocenters. The van der Waals surface area contributed by atoms with Gasteiger partial charge in [-0.1, -0.05) is 12.1 Å². The van der Waals surface area contributed by atoms with Gasteiger partial charge < -0.3 is 4.98 Å². The maximum absolute atomic E-state index is 13.1. The van der Waals surface area contributed by atoms with Crippen molar-refractivity contribution in [3.8, 4) is 11.4 Å². The molecular formula is C12H8FN3. The second-order valence-electron chi connectivity index (χ2n) is 3.47. The average Bonchev–Trinajstić information content (AvgIpc) is 2.72. The molecule has 0 bridgehead atoms. The Morgan fingerprint density at radius 1 is 1.12 bits per heavy atom. The third kappa shape index (κ3) is 1.44. The largest absolute Gasteiger partial charge is 0.337 e. The Hall–Kier alpha value is -2.23. The van der Waals surface area contributed by atoms with Crippen LogP contribution < -0.4 is 0 Å². The SMILES string of the molecule is Fc1cccc(-c2nc3ncccc3[nH]2)c1. The molecule has 0 aliphatic heterocycles. The Labute approximate surface area is 91.0 Å². The maximum Gasteiger partial charge on any atom is 0.178 e. The summed E-state index contributed by atoms with van der Waals surface area (Å²) in [5, 5.41) is 0. The van der Waals surface area contributed by atoms with Gasteiger partial charge in [0.25, 0.3) is 0 Å². The fourth-order valence-electron chi connectivity index (χ4n) is 1.62. The Bertz CT molecular complexity index is 612. The van der Waals surface area contributed by atoms with Crippen molar-refractivity contribution in [1.29, 1.82) is 0 Å². The number of halogens is 1. The minimum Gasteiger partial charge on any atom is -0.337 e. The molecule has 4 heteroatoms. The molecule has 0 spiro atoms. The molecule has 78 valence electrons. The number of nitrogens with zero attached hydrogens (tertiary/aromatic N) is 2. The number of aromatic nitrogens is 3. The van der Waals surface area contributed by atoms with Gasteiger partial charge in [-0.15, -0.1) is 0 Å². The third-order valence-electron chi connectivity index (χ3n) is 2.36. The molecule has 1 aromatic carbocycles. The minimum atomic E-state index is -0.272. The van der Waals surface area contributed by atoms with Crippen LogP contribution in [0.4, 0.5) is 4.39 Å². The van der Waals surface area contributed by atoms with Gasteiger partial charge in [0.1, 0.15) is 11.6 Å². The lowest BCUT2D eigenvalue weighted by Gasteiger charge is -1.95. The van der Waals surface area contributed by atoms with Crippen LogP contribution >= 0.6 is 0 Å². The topological polar surface area (TPSA) is 41.6 Å². The van der Waals surface area contributed by atoms with Gasteiger partial charge in [-0.3, -0.25) is 0 Å². The molecule has 2 heterocycles. The Morgan fingerprint density at radius 2 is 2.06 bits per heavy atom. The van der Waals surface area contributed by atoms with Crippen molar-refractivity contribution < 1.29 is 4.39 Å². The van der Waals surface area contributed by atoms with Crippen LogP contribution in [0.3, 0.4) is 0 Å². The summed E-state index contributed by atoms with van der Waals surface area (Å²) in [5.41, 5.74) is 2.21. The number of hydrogen-bond acceptors (Lipinski definition) is 2. The molecule has 0 saturated carbocycles. The van der Waals surface area contributed by atoms with Crippen LogP contribution in [0, 0.1) is 5.82 Å². The van der Waals surface area contributed by atoms with E-state index in [1.54, 1.807) is 18.3 Å². The normalized spacial score (nSPS) is 10.8. The van der Waals surface area contributed by atoms with Gasteiger partial charge in [0, 0.05) is 11.8 Å². The zero-order valence-electron chi connectivity index (χ0n) is 8.31. The number of hydrogen-bond donors (Lipinski definition) is 1. The van der Waals surface area contributed by atoms with E-state index >= 15 is 0 Å². The first-order valence-electron chi connectivity index (χ1n) is 4.89. The number of rotatable bonds is 1.